The number of hydrazone groups is 1. The van der Waals surface area contributed by atoms with Gasteiger partial charge in [-0.15, -0.1) is 0 Å². The Balaban J connectivity index is 1.72. The average molecular weight is 346 g/mol. The van der Waals surface area contributed by atoms with Crippen LogP contribution in [0.25, 0.3) is 16.9 Å². The van der Waals surface area contributed by atoms with Gasteiger partial charge in [0, 0.05) is 17.3 Å². The molecule has 0 spiro atoms. The number of hydrogen-bond donors (Lipinski definition) is 0. The van der Waals surface area contributed by atoms with Gasteiger partial charge in [-0.3, -0.25) is 5.01 Å². The third-order valence-electron chi connectivity index (χ3n) is 4.40. The Morgan fingerprint density at radius 3 is 2.62 bits per heavy atom. The lowest BCUT2D eigenvalue weighted by Gasteiger charge is -2.23. The Labute approximate surface area is 153 Å². The maximum absolute atomic E-state index is 5.39. The van der Waals surface area contributed by atoms with Crippen molar-refractivity contribution in [3.05, 3.63) is 71.9 Å². The lowest BCUT2D eigenvalue weighted by atomic mass is 10.1. The fourth-order valence-electron chi connectivity index (χ4n) is 3.02. The number of para-hydroxylation sites is 1. The summed E-state index contributed by atoms with van der Waals surface area (Å²) in [5, 5.41) is 11.5. The van der Waals surface area contributed by atoms with Gasteiger partial charge in [-0.1, -0.05) is 42.0 Å². The molecular formula is C21H22N4O. The van der Waals surface area contributed by atoms with E-state index in [1.807, 2.05) is 40.3 Å². The zero-order valence-electron chi connectivity index (χ0n) is 14.9. The summed E-state index contributed by atoms with van der Waals surface area (Å²) < 4.78 is 7.30. The molecule has 0 aliphatic carbocycles. The van der Waals surface area contributed by atoms with Crippen molar-refractivity contribution in [1.82, 2.24) is 14.8 Å². The van der Waals surface area contributed by atoms with Crippen molar-refractivity contribution < 1.29 is 4.74 Å². The SMILES string of the molecule is Cc1cccc(-c2nn(-c3ccccc3)cc2/C=N\N2CCOCC2)c1. The van der Waals surface area contributed by atoms with Gasteiger partial charge in [0.2, 0.25) is 0 Å². The molecule has 132 valence electrons. The normalized spacial score (nSPS) is 14.9. The Hall–Kier alpha value is -2.92. The molecule has 0 amide bonds. The number of ether oxygens (including phenoxy) is 1. The zero-order chi connectivity index (χ0) is 17.8. The molecule has 2 aromatic carbocycles. The highest BCUT2D eigenvalue weighted by molar-refractivity contribution is 5.88. The van der Waals surface area contributed by atoms with Crippen molar-refractivity contribution in [2.45, 2.75) is 6.92 Å². The van der Waals surface area contributed by atoms with Crippen molar-refractivity contribution >= 4 is 6.21 Å². The second kappa shape index (κ2) is 7.54. The molecule has 0 bridgehead atoms. The molecule has 1 aromatic heterocycles. The second-order valence-electron chi connectivity index (χ2n) is 6.39. The Morgan fingerprint density at radius 2 is 1.85 bits per heavy atom. The van der Waals surface area contributed by atoms with Crippen LogP contribution in [0.5, 0.6) is 0 Å². The fraction of sp³-hybridized carbons (Fsp3) is 0.238. The lowest BCUT2D eigenvalue weighted by molar-refractivity contribution is 0.0397. The molecule has 0 N–H and O–H groups in total. The van der Waals surface area contributed by atoms with Gasteiger partial charge in [0.05, 0.1) is 38.2 Å². The number of aromatic nitrogens is 2. The molecule has 0 unspecified atom stereocenters. The average Bonchev–Trinajstić information content (AvgIpc) is 3.12. The van der Waals surface area contributed by atoms with Crippen LogP contribution in [0.3, 0.4) is 0 Å². The van der Waals surface area contributed by atoms with E-state index in [1.165, 1.54) is 5.56 Å². The van der Waals surface area contributed by atoms with Crippen LogP contribution < -0.4 is 0 Å². The molecule has 2 heterocycles. The summed E-state index contributed by atoms with van der Waals surface area (Å²) in [7, 11) is 0. The zero-order valence-corrected chi connectivity index (χ0v) is 14.9. The Bertz CT molecular complexity index is 895. The maximum Gasteiger partial charge on any atom is 0.102 e. The van der Waals surface area contributed by atoms with Crippen molar-refractivity contribution in [2.24, 2.45) is 5.10 Å². The van der Waals surface area contributed by atoms with E-state index in [0.29, 0.717) is 0 Å². The third-order valence-corrected chi connectivity index (χ3v) is 4.40. The highest BCUT2D eigenvalue weighted by Gasteiger charge is 2.12. The molecule has 26 heavy (non-hydrogen) atoms. The standard InChI is InChI=1S/C21H22N4O/c1-17-6-5-7-18(14-17)21-19(15-22-24-10-12-26-13-11-24)16-25(23-21)20-8-3-2-4-9-20/h2-9,14-16H,10-13H2,1H3/b22-15-. The van der Waals surface area contributed by atoms with Crippen LogP contribution in [0, 0.1) is 6.92 Å². The molecule has 1 saturated heterocycles. The molecule has 0 saturated carbocycles. The molecule has 4 rings (SSSR count). The van der Waals surface area contributed by atoms with E-state index in [0.717, 1.165) is 48.8 Å². The van der Waals surface area contributed by atoms with Crippen LogP contribution in [0.15, 0.2) is 65.9 Å². The van der Waals surface area contributed by atoms with Crippen LogP contribution in [-0.2, 0) is 4.74 Å². The number of aryl methyl sites for hydroxylation is 1. The minimum Gasteiger partial charge on any atom is -0.378 e. The predicted octanol–water partition coefficient (Wildman–Crippen LogP) is 3.51. The number of morpholine rings is 1. The summed E-state index contributed by atoms with van der Waals surface area (Å²) in [6.45, 7) is 5.20. The second-order valence-corrected chi connectivity index (χ2v) is 6.39. The van der Waals surface area contributed by atoms with Crippen LogP contribution in [0.4, 0.5) is 0 Å². The van der Waals surface area contributed by atoms with E-state index in [-0.39, 0.29) is 0 Å². The van der Waals surface area contributed by atoms with Gasteiger partial charge in [0.25, 0.3) is 0 Å². The molecule has 1 aliphatic rings. The topological polar surface area (TPSA) is 42.7 Å². The van der Waals surface area contributed by atoms with Crippen molar-refractivity contribution in [1.29, 1.82) is 0 Å². The lowest BCUT2D eigenvalue weighted by Crippen LogP contribution is -2.32. The van der Waals surface area contributed by atoms with Gasteiger partial charge in [0.15, 0.2) is 0 Å². The van der Waals surface area contributed by atoms with Gasteiger partial charge in [-0.25, -0.2) is 4.68 Å². The smallest absolute Gasteiger partial charge is 0.102 e. The summed E-state index contributed by atoms with van der Waals surface area (Å²) in [4.78, 5) is 0. The van der Waals surface area contributed by atoms with E-state index in [9.17, 15) is 0 Å². The highest BCUT2D eigenvalue weighted by Crippen LogP contribution is 2.23. The molecule has 1 fully saturated rings. The summed E-state index contributed by atoms with van der Waals surface area (Å²) in [6, 6.07) is 18.6. The molecule has 0 radical (unpaired) electrons. The first-order chi connectivity index (χ1) is 12.8. The monoisotopic (exact) mass is 346 g/mol. The first-order valence-corrected chi connectivity index (χ1v) is 8.88. The van der Waals surface area contributed by atoms with E-state index in [2.05, 4.69) is 48.4 Å². The van der Waals surface area contributed by atoms with E-state index >= 15 is 0 Å². The summed E-state index contributed by atoms with van der Waals surface area (Å²) in [6.07, 6.45) is 3.95. The molecule has 0 atom stereocenters. The molecular weight excluding hydrogens is 324 g/mol. The Morgan fingerprint density at radius 1 is 1.04 bits per heavy atom. The molecule has 5 nitrogen and oxygen atoms in total. The van der Waals surface area contributed by atoms with Gasteiger partial charge in [0.1, 0.15) is 5.69 Å². The first-order valence-electron chi connectivity index (χ1n) is 8.88. The van der Waals surface area contributed by atoms with Crippen LogP contribution in [0.1, 0.15) is 11.1 Å². The molecule has 5 heteroatoms. The van der Waals surface area contributed by atoms with Crippen LogP contribution in [0.2, 0.25) is 0 Å². The minimum absolute atomic E-state index is 0.728. The van der Waals surface area contributed by atoms with Gasteiger partial charge >= 0.3 is 0 Å². The third kappa shape index (κ3) is 3.68. The quantitative estimate of drug-likeness (QED) is 0.679. The number of benzene rings is 2. The van der Waals surface area contributed by atoms with E-state index in [4.69, 9.17) is 9.84 Å². The number of nitrogens with zero attached hydrogens (tertiary/aromatic N) is 4. The van der Waals surface area contributed by atoms with E-state index in [1.54, 1.807) is 0 Å². The molecule has 3 aromatic rings. The van der Waals surface area contributed by atoms with E-state index < -0.39 is 0 Å². The highest BCUT2D eigenvalue weighted by atomic mass is 16.5. The van der Waals surface area contributed by atoms with Crippen LogP contribution >= 0.6 is 0 Å². The van der Waals surface area contributed by atoms with Crippen LogP contribution in [-0.4, -0.2) is 47.3 Å². The predicted molar refractivity (Wildman–Crippen MR) is 104 cm³/mol. The summed E-state index contributed by atoms with van der Waals surface area (Å²) >= 11 is 0. The van der Waals surface area contributed by atoms with Crippen molar-refractivity contribution in [3.8, 4) is 16.9 Å². The largest absolute Gasteiger partial charge is 0.378 e. The number of hydrogen-bond acceptors (Lipinski definition) is 4. The van der Waals surface area contributed by atoms with Crippen molar-refractivity contribution in [3.63, 3.8) is 0 Å². The van der Waals surface area contributed by atoms with Gasteiger partial charge in [-0.2, -0.15) is 10.2 Å². The number of rotatable bonds is 4. The van der Waals surface area contributed by atoms with Gasteiger partial charge < -0.3 is 4.74 Å². The maximum atomic E-state index is 5.39. The minimum atomic E-state index is 0.728. The fourth-order valence-corrected chi connectivity index (χ4v) is 3.02. The first kappa shape index (κ1) is 16.5. The van der Waals surface area contributed by atoms with Gasteiger partial charge in [-0.05, 0) is 25.1 Å². The summed E-state index contributed by atoms with van der Waals surface area (Å²) in [5.41, 5.74) is 5.30. The van der Waals surface area contributed by atoms with Crippen molar-refractivity contribution in [2.75, 3.05) is 26.3 Å². The summed E-state index contributed by atoms with van der Waals surface area (Å²) in [5.74, 6) is 0. The molecule has 1 aliphatic heterocycles. The Kier molecular flexibility index (Phi) is 4.80.